The Kier molecular flexibility index (Phi) is 4.69. The predicted molar refractivity (Wildman–Crippen MR) is 97.3 cm³/mol. The van der Waals surface area contributed by atoms with Gasteiger partial charge in [0.05, 0.1) is 23.8 Å². The lowest BCUT2D eigenvalue weighted by molar-refractivity contribution is -0.146. The summed E-state index contributed by atoms with van der Waals surface area (Å²) in [4.78, 5) is 23.9. The van der Waals surface area contributed by atoms with E-state index in [0.29, 0.717) is 41.8 Å². The maximum atomic E-state index is 12.0. The first kappa shape index (κ1) is 18.3. The van der Waals surface area contributed by atoms with Crippen LogP contribution >= 0.6 is 0 Å². The second-order valence-electron chi connectivity index (χ2n) is 7.17. The van der Waals surface area contributed by atoms with Crippen LogP contribution in [0.2, 0.25) is 0 Å². The summed E-state index contributed by atoms with van der Waals surface area (Å²) in [6.07, 6.45) is 5.50. The molecule has 0 radical (unpaired) electrons. The summed E-state index contributed by atoms with van der Waals surface area (Å²) < 4.78 is 10.7. The largest absolute Gasteiger partial charge is 0.496 e. The summed E-state index contributed by atoms with van der Waals surface area (Å²) in [5.41, 5.74) is 9.43. The zero-order valence-corrected chi connectivity index (χ0v) is 15.5. The monoisotopic (exact) mass is 359 g/mol. The van der Waals surface area contributed by atoms with Crippen LogP contribution in [0.5, 0.6) is 5.75 Å². The zero-order valence-electron chi connectivity index (χ0n) is 15.5. The minimum absolute atomic E-state index is 0.206. The van der Waals surface area contributed by atoms with Crippen molar-refractivity contribution in [3.8, 4) is 5.75 Å². The highest BCUT2D eigenvalue weighted by atomic mass is 16.5. The van der Waals surface area contributed by atoms with Crippen LogP contribution in [-0.4, -0.2) is 24.2 Å². The van der Waals surface area contributed by atoms with E-state index in [9.17, 15) is 14.7 Å². The Morgan fingerprint density at radius 1 is 1.38 bits per heavy atom. The first-order valence-corrected chi connectivity index (χ1v) is 8.89. The van der Waals surface area contributed by atoms with Crippen LogP contribution in [0.25, 0.3) is 0 Å². The molecule has 0 atom stereocenters. The van der Waals surface area contributed by atoms with Gasteiger partial charge in [-0.3, -0.25) is 4.79 Å². The number of carboxylic acids is 1. The van der Waals surface area contributed by atoms with Crippen LogP contribution in [0.4, 0.5) is 5.69 Å². The normalized spacial score (nSPS) is 18.6. The molecule has 1 heterocycles. The average Bonchev–Trinajstić information content (AvgIpc) is 3.24. The highest BCUT2D eigenvalue weighted by molar-refractivity contribution is 6.00. The number of benzene rings is 1. The topological polar surface area (TPSA) is 98.9 Å². The Labute approximate surface area is 153 Å². The Bertz CT molecular complexity index is 803. The first-order chi connectivity index (χ1) is 12.3. The minimum Gasteiger partial charge on any atom is -0.496 e. The zero-order chi connectivity index (χ0) is 19.1. The van der Waals surface area contributed by atoms with Crippen molar-refractivity contribution in [2.75, 3.05) is 12.8 Å². The van der Waals surface area contributed by atoms with Crippen LogP contribution in [0.15, 0.2) is 11.6 Å². The van der Waals surface area contributed by atoms with Gasteiger partial charge in [-0.25, -0.2) is 4.79 Å². The number of anilines is 1. The number of allylic oxidation sites excluding steroid dienone is 1. The molecule has 0 saturated heterocycles. The predicted octanol–water partition coefficient (Wildman–Crippen LogP) is 3.39. The quantitative estimate of drug-likeness (QED) is 0.475. The van der Waals surface area contributed by atoms with E-state index in [2.05, 4.69) is 0 Å². The van der Waals surface area contributed by atoms with Crippen LogP contribution in [-0.2, 0) is 22.6 Å². The maximum absolute atomic E-state index is 12.0. The van der Waals surface area contributed by atoms with Gasteiger partial charge in [0.25, 0.3) is 0 Å². The molecule has 6 heteroatoms. The van der Waals surface area contributed by atoms with Crippen molar-refractivity contribution < 1.29 is 24.2 Å². The maximum Gasteiger partial charge on any atom is 0.341 e. The molecule has 1 aromatic carbocycles. The molecule has 0 amide bonds. The van der Waals surface area contributed by atoms with Crippen LogP contribution < -0.4 is 10.5 Å². The van der Waals surface area contributed by atoms with Crippen molar-refractivity contribution in [1.82, 2.24) is 0 Å². The molecule has 1 aromatic rings. The third-order valence-corrected chi connectivity index (χ3v) is 5.95. The smallest absolute Gasteiger partial charge is 0.341 e. The molecule has 0 aromatic heterocycles. The highest BCUT2D eigenvalue weighted by Gasteiger charge is 2.42. The molecule has 0 unspecified atom stereocenters. The van der Waals surface area contributed by atoms with Crippen molar-refractivity contribution >= 4 is 17.6 Å². The van der Waals surface area contributed by atoms with Gasteiger partial charge in [-0.2, -0.15) is 0 Å². The number of ether oxygens (including phenoxy) is 2. The molecule has 3 rings (SSSR count). The number of carbonyl (C=O) groups excluding carboxylic acids is 1. The van der Waals surface area contributed by atoms with Crippen LogP contribution in [0.3, 0.4) is 0 Å². The lowest BCUT2D eigenvalue weighted by Crippen LogP contribution is -2.29. The third kappa shape index (κ3) is 2.64. The summed E-state index contributed by atoms with van der Waals surface area (Å²) in [5.74, 6) is -0.542. The number of methoxy groups -OCH3 is 1. The lowest BCUT2D eigenvalue weighted by atomic mass is 9.78. The standard InChI is InChI=1S/C20H25NO5/c1-11(20(19(23)24)8-4-5-9-20)6-7-13-16(21)15-14(10-26-18(15)22)12(2)17(13)25-3/h6H,4-5,7-10,21H2,1-3H3,(H,23,24). The molecule has 1 fully saturated rings. The average molecular weight is 359 g/mol. The molecule has 1 aliphatic heterocycles. The van der Waals surface area contributed by atoms with Crippen LogP contribution in [0, 0.1) is 12.3 Å². The number of hydrogen-bond donors (Lipinski definition) is 2. The van der Waals surface area contributed by atoms with Gasteiger partial charge < -0.3 is 20.3 Å². The van der Waals surface area contributed by atoms with Crippen molar-refractivity contribution in [3.05, 3.63) is 33.9 Å². The Balaban J connectivity index is 2.03. The number of rotatable bonds is 5. The van der Waals surface area contributed by atoms with E-state index >= 15 is 0 Å². The van der Waals surface area contributed by atoms with Gasteiger partial charge in [0.15, 0.2) is 0 Å². The number of carboxylic acid groups (broad SMARTS) is 1. The van der Waals surface area contributed by atoms with E-state index in [-0.39, 0.29) is 6.61 Å². The minimum atomic E-state index is -0.785. The van der Waals surface area contributed by atoms with Gasteiger partial charge in [0.1, 0.15) is 12.4 Å². The summed E-state index contributed by atoms with van der Waals surface area (Å²) in [6.45, 7) is 3.96. The van der Waals surface area contributed by atoms with Crippen molar-refractivity contribution in [2.24, 2.45) is 5.41 Å². The number of esters is 1. The number of cyclic esters (lactones) is 1. The summed E-state index contributed by atoms with van der Waals surface area (Å²) in [5, 5.41) is 9.74. The molecule has 1 saturated carbocycles. The lowest BCUT2D eigenvalue weighted by Gasteiger charge is -2.25. The number of nitrogen functional groups attached to an aromatic ring is 1. The molecule has 140 valence electrons. The molecule has 0 spiro atoms. The second-order valence-corrected chi connectivity index (χ2v) is 7.17. The Morgan fingerprint density at radius 2 is 2.04 bits per heavy atom. The summed E-state index contributed by atoms with van der Waals surface area (Å²) in [6, 6.07) is 0. The van der Waals surface area contributed by atoms with Crippen molar-refractivity contribution in [1.29, 1.82) is 0 Å². The number of nitrogens with two attached hydrogens (primary N) is 1. The third-order valence-electron chi connectivity index (χ3n) is 5.95. The molecule has 1 aliphatic carbocycles. The summed E-state index contributed by atoms with van der Waals surface area (Å²) >= 11 is 0. The van der Waals surface area contributed by atoms with Crippen molar-refractivity contribution in [2.45, 2.75) is 52.6 Å². The number of hydrogen-bond acceptors (Lipinski definition) is 5. The molecule has 6 nitrogen and oxygen atoms in total. The molecular weight excluding hydrogens is 334 g/mol. The van der Waals surface area contributed by atoms with Gasteiger partial charge in [0, 0.05) is 11.1 Å². The van der Waals surface area contributed by atoms with Gasteiger partial charge in [0.2, 0.25) is 0 Å². The van der Waals surface area contributed by atoms with Gasteiger partial charge in [-0.15, -0.1) is 0 Å². The Hall–Kier alpha value is -2.50. The van der Waals surface area contributed by atoms with E-state index in [1.807, 2.05) is 19.9 Å². The summed E-state index contributed by atoms with van der Waals surface area (Å²) in [7, 11) is 1.57. The first-order valence-electron chi connectivity index (χ1n) is 8.89. The van der Waals surface area contributed by atoms with Crippen molar-refractivity contribution in [3.63, 3.8) is 0 Å². The van der Waals surface area contributed by atoms with E-state index in [0.717, 1.165) is 29.5 Å². The van der Waals surface area contributed by atoms with E-state index in [1.54, 1.807) is 7.11 Å². The number of aliphatic carboxylic acids is 1. The van der Waals surface area contributed by atoms with Crippen LogP contribution in [0.1, 0.15) is 59.7 Å². The fourth-order valence-electron chi connectivity index (χ4n) is 4.29. The van der Waals surface area contributed by atoms with Gasteiger partial charge >= 0.3 is 11.9 Å². The second kappa shape index (κ2) is 6.67. The fourth-order valence-corrected chi connectivity index (χ4v) is 4.29. The van der Waals surface area contributed by atoms with Gasteiger partial charge in [-0.05, 0) is 38.7 Å². The molecule has 2 aliphatic rings. The molecule has 26 heavy (non-hydrogen) atoms. The van der Waals surface area contributed by atoms with Gasteiger partial charge in [-0.1, -0.05) is 24.5 Å². The van der Waals surface area contributed by atoms with E-state index in [1.165, 1.54) is 0 Å². The number of fused-ring (bicyclic) bond motifs is 1. The fraction of sp³-hybridized carbons (Fsp3) is 0.500. The molecule has 3 N–H and O–H groups in total. The van der Waals surface area contributed by atoms with E-state index < -0.39 is 17.4 Å². The highest BCUT2D eigenvalue weighted by Crippen LogP contribution is 2.45. The van der Waals surface area contributed by atoms with E-state index in [4.69, 9.17) is 15.2 Å². The molecular formula is C20H25NO5. The number of carbonyl (C=O) groups is 2. The Morgan fingerprint density at radius 3 is 2.62 bits per heavy atom. The molecule has 0 bridgehead atoms. The SMILES string of the molecule is COc1c(C)c2c(c(N)c1CC=C(C)C1(C(=O)O)CCCC1)C(=O)OC2.